The number of hydrogen-bond donors (Lipinski definition) is 2. The highest BCUT2D eigenvalue weighted by atomic mass is 16.5. The van der Waals surface area contributed by atoms with Gasteiger partial charge < -0.3 is 20.1 Å². The molecule has 0 unspecified atom stereocenters. The number of nitrogens with one attached hydrogen (secondary N) is 2. The van der Waals surface area contributed by atoms with Gasteiger partial charge in [-0.3, -0.25) is 24.1 Å². The van der Waals surface area contributed by atoms with Gasteiger partial charge in [0.05, 0.1) is 24.4 Å². The van der Waals surface area contributed by atoms with Gasteiger partial charge >= 0.3 is 0 Å². The van der Waals surface area contributed by atoms with E-state index in [1.807, 2.05) is 27.7 Å². The fourth-order valence-electron chi connectivity index (χ4n) is 2.97. The van der Waals surface area contributed by atoms with Gasteiger partial charge in [0.2, 0.25) is 11.8 Å². The van der Waals surface area contributed by atoms with Gasteiger partial charge in [-0.05, 0) is 40.5 Å². The Morgan fingerprint density at radius 2 is 1.45 bits per heavy atom. The van der Waals surface area contributed by atoms with Crippen LogP contribution in [-0.4, -0.2) is 72.6 Å². The summed E-state index contributed by atoms with van der Waals surface area (Å²) in [5.41, 5.74) is -0.855. The Labute approximate surface area is 196 Å². The van der Waals surface area contributed by atoms with Crippen molar-refractivity contribution in [2.75, 3.05) is 32.8 Å². The summed E-state index contributed by atoms with van der Waals surface area (Å²) in [6.45, 7) is 9.63. The van der Waals surface area contributed by atoms with E-state index in [4.69, 9.17) is 15.9 Å². The molecule has 0 aromatic heterocycles. The van der Waals surface area contributed by atoms with Gasteiger partial charge in [-0.25, -0.2) is 0 Å². The Morgan fingerprint density at radius 1 is 0.909 bits per heavy atom. The third-order valence-corrected chi connectivity index (χ3v) is 5.12. The second-order valence-electron chi connectivity index (χ2n) is 9.03. The summed E-state index contributed by atoms with van der Waals surface area (Å²) in [6.07, 6.45) is 9.62. The van der Waals surface area contributed by atoms with Gasteiger partial charge in [-0.2, -0.15) is 0 Å². The van der Waals surface area contributed by atoms with Crippen molar-refractivity contribution in [2.24, 2.45) is 0 Å². The fraction of sp³-hybridized carbons (Fsp3) is 0.667. The van der Waals surface area contributed by atoms with Crippen LogP contribution < -0.4 is 10.6 Å². The highest BCUT2D eigenvalue weighted by Gasteiger charge is 2.25. The van der Waals surface area contributed by atoms with E-state index in [1.165, 1.54) is 12.2 Å². The van der Waals surface area contributed by atoms with Crippen LogP contribution in [-0.2, 0) is 28.7 Å². The zero-order valence-corrected chi connectivity index (χ0v) is 20.2. The number of rotatable bonds is 16. The number of hydrogen-bond acceptors (Lipinski definition) is 6. The zero-order chi connectivity index (χ0) is 24.9. The van der Waals surface area contributed by atoms with Crippen molar-refractivity contribution in [3.8, 4) is 12.3 Å². The lowest BCUT2D eigenvalue weighted by Gasteiger charge is -2.30. The lowest BCUT2D eigenvalue weighted by molar-refractivity contribution is -0.137. The maximum Gasteiger partial charge on any atom is 0.253 e. The number of nitrogens with zero attached hydrogens (tertiary/aromatic N) is 1. The van der Waals surface area contributed by atoms with Crippen molar-refractivity contribution in [2.45, 2.75) is 71.0 Å². The molecule has 1 heterocycles. The average molecular weight is 464 g/mol. The number of amides is 4. The van der Waals surface area contributed by atoms with E-state index in [0.717, 1.165) is 4.90 Å². The summed E-state index contributed by atoms with van der Waals surface area (Å²) < 4.78 is 11.8. The summed E-state index contributed by atoms with van der Waals surface area (Å²) in [5, 5.41) is 5.56. The maximum atomic E-state index is 12.0. The minimum Gasteiger partial charge on any atom is -0.375 e. The molecule has 0 spiro atoms. The standard InChI is InChI=1S/C24H37N3O6/c1-6-7-8-19(28)26-15-18-33-24(4,5)13-17-32-23(2,3)12-14-25-20(29)11-16-27-21(30)9-10-22(27)31/h1,9-10H,7-8,11-18H2,2-5H3,(H,25,29)(H,26,28). The van der Waals surface area contributed by atoms with E-state index >= 15 is 0 Å². The van der Waals surface area contributed by atoms with Gasteiger partial charge in [0.15, 0.2) is 0 Å². The number of carbonyl (C=O) groups excluding carboxylic acids is 4. The first-order chi connectivity index (χ1) is 15.5. The van der Waals surface area contributed by atoms with Crippen molar-refractivity contribution < 1.29 is 28.7 Å². The smallest absolute Gasteiger partial charge is 0.253 e. The van der Waals surface area contributed by atoms with Crippen LogP contribution in [0, 0.1) is 12.3 Å². The molecular formula is C24H37N3O6. The Bertz CT molecular complexity index is 749. The molecule has 0 atom stereocenters. The van der Waals surface area contributed by atoms with E-state index in [9.17, 15) is 19.2 Å². The minimum atomic E-state index is -0.445. The van der Waals surface area contributed by atoms with Crippen molar-refractivity contribution in [1.82, 2.24) is 15.5 Å². The Hall–Kier alpha value is -2.70. The number of ether oxygens (including phenoxy) is 2. The largest absolute Gasteiger partial charge is 0.375 e. The molecular weight excluding hydrogens is 426 g/mol. The molecule has 0 bridgehead atoms. The highest BCUT2D eigenvalue weighted by Crippen LogP contribution is 2.19. The van der Waals surface area contributed by atoms with Crippen LogP contribution in [0.4, 0.5) is 0 Å². The van der Waals surface area contributed by atoms with Crippen LogP contribution in [0.2, 0.25) is 0 Å². The van der Waals surface area contributed by atoms with Crippen molar-refractivity contribution in [1.29, 1.82) is 0 Å². The molecule has 9 nitrogen and oxygen atoms in total. The molecule has 0 saturated carbocycles. The molecule has 1 aliphatic heterocycles. The molecule has 33 heavy (non-hydrogen) atoms. The molecule has 0 saturated heterocycles. The van der Waals surface area contributed by atoms with Crippen molar-refractivity contribution in [3.05, 3.63) is 12.2 Å². The zero-order valence-electron chi connectivity index (χ0n) is 20.2. The average Bonchev–Trinajstić information content (AvgIpc) is 3.05. The lowest BCUT2D eigenvalue weighted by atomic mass is 10.0. The molecule has 0 aromatic rings. The van der Waals surface area contributed by atoms with Gasteiger partial charge in [0.25, 0.3) is 11.8 Å². The molecule has 184 valence electrons. The van der Waals surface area contributed by atoms with E-state index in [-0.39, 0.29) is 36.6 Å². The fourth-order valence-corrected chi connectivity index (χ4v) is 2.97. The predicted octanol–water partition coefficient (Wildman–Crippen LogP) is 1.32. The Morgan fingerprint density at radius 3 is 2.09 bits per heavy atom. The predicted molar refractivity (Wildman–Crippen MR) is 124 cm³/mol. The molecule has 0 radical (unpaired) electrons. The van der Waals surface area contributed by atoms with E-state index in [1.54, 1.807) is 0 Å². The lowest BCUT2D eigenvalue weighted by Crippen LogP contribution is -2.37. The normalized spacial score (nSPS) is 13.8. The summed E-state index contributed by atoms with van der Waals surface area (Å²) in [7, 11) is 0. The molecule has 9 heteroatoms. The molecule has 1 aliphatic rings. The third kappa shape index (κ3) is 12.2. The van der Waals surface area contributed by atoms with Crippen LogP contribution >= 0.6 is 0 Å². The highest BCUT2D eigenvalue weighted by molar-refractivity contribution is 6.13. The minimum absolute atomic E-state index is 0.0658. The van der Waals surface area contributed by atoms with Gasteiger partial charge in [0.1, 0.15) is 0 Å². The van der Waals surface area contributed by atoms with Crippen LogP contribution in [0.25, 0.3) is 0 Å². The monoisotopic (exact) mass is 463 g/mol. The summed E-state index contributed by atoms with van der Waals surface area (Å²) in [5.74, 6) is 1.35. The summed E-state index contributed by atoms with van der Waals surface area (Å²) in [6, 6.07) is 0. The van der Waals surface area contributed by atoms with Crippen LogP contribution in [0.1, 0.15) is 59.8 Å². The van der Waals surface area contributed by atoms with Crippen LogP contribution in [0.3, 0.4) is 0 Å². The van der Waals surface area contributed by atoms with E-state index < -0.39 is 11.2 Å². The topological polar surface area (TPSA) is 114 Å². The van der Waals surface area contributed by atoms with Crippen molar-refractivity contribution in [3.63, 3.8) is 0 Å². The quantitative estimate of drug-likeness (QED) is 0.203. The molecule has 0 aliphatic carbocycles. The maximum absolute atomic E-state index is 12.0. The molecule has 1 rings (SSSR count). The van der Waals surface area contributed by atoms with Crippen LogP contribution in [0.15, 0.2) is 12.2 Å². The summed E-state index contributed by atoms with van der Waals surface area (Å²) in [4.78, 5) is 47.5. The van der Waals surface area contributed by atoms with Gasteiger partial charge in [-0.15, -0.1) is 12.3 Å². The second-order valence-corrected chi connectivity index (χ2v) is 9.03. The molecule has 2 N–H and O–H groups in total. The first-order valence-corrected chi connectivity index (χ1v) is 11.2. The molecule has 0 aromatic carbocycles. The second kappa shape index (κ2) is 13.8. The Kier molecular flexibility index (Phi) is 11.8. The van der Waals surface area contributed by atoms with E-state index in [0.29, 0.717) is 52.0 Å². The molecule has 4 amide bonds. The van der Waals surface area contributed by atoms with Crippen molar-refractivity contribution >= 4 is 23.6 Å². The summed E-state index contributed by atoms with van der Waals surface area (Å²) >= 11 is 0. The van der Waals surface area contributed by atoms with Gasteiger partial charge in [0, 0.05) is 51.0 Å². The third-order valence-electron chi connectivity index (χ3n) is 5.12. The first kappa shape index (κ1) is 28.3. The number of carbonyl (C=O) groups is 4. The number of terminal acetylenes is 1. The number of imide groups is 1. The molecule has 0 fully saturated rings. The van der Waals surface area contributed by atoms with E-state index in [2.05, 4.69) is 16.6 Å². The first-order valence-electron chi connectivity index (χ1n) is 11.2. The van der Waals surface area contributed by atoms with Crippen LogP contribution in [0.5, 0.6) is 0 Å². The SMILES string of the molecule is C#CCCC(=O)NCCOC(C)(C)CCOC(C)(C)CCNC(=O)CCN1C(=O)C=CC1=O. The Balaban J connectivity index is 2.17. The van der Waals surface area contributed by atoms with Gasteiger partial charge in [-0.1, -0.05) is 0 Å².